The molecule has 1 N–H and O–H groups in total. The van der Waals surface area contributed by atoms with Crippen LogP contribution < -0.4 is 10.1 Å². The zero-order valence-electron chi connectivity index (χ0n) is 11.4. The molecular formula is C15H21FN2O. The third kappa shape index (κ3) is 2.90. The Hall–Kier alpha value is -1.13. The van der Waals surface area contributed by atoms with Gasteiger partial charge in [0.15, 0.2) is 11.6 Å². The molecule has 1 atom stereocenters. The number of halogens is 1. The lowest BCUT2D eigenvalue weighted by molar-refractivity contribution is 0.135. The van der Waals surface area contributed by atoms with E-state index in [1.54, 1.807) is 12.1 Å². The van der Waals surface area contributed by atoms with Gasteiger partial charge in [0.2, 0.25) is 0 Å². The SMILES string of the molecule is COc1ccc(CN2CCNCC2C2CC2)cc1F. The topological polar surface area (TPSA) is 24.5 Å². The third-order valence-corrected chi connectivity index (χ3v) is 4.17. The average molecular weight is 264 g/mol. The van der Waals surface area contributed by atoms with Gasteiger partial charge < -0.3 is 10.1 Å². The summed E-state index contributed by atoms with van der Waals surface area (Å²) in [6.45, 7) is 3.99. The van der Waals surface area contributed by atoms with Crippen LogP contribution in [0.25, 0.3) is 0 Å². The van der Waals surface area contributed by atoms with Gasteiger partial charge in [-0.3, -0.25) is 4.90 Å². The molecule has 1 saturated carbocycles. The molecule has 2 fully saturated rings. The lowest BCUT2D eigenvalue weighted by Gasteiger charge is -2.36. The van der Waals surface area contributed by atoms with Crippen molar-refractivity contribution in [3.05, 3.63) is 29.6 Å². The molecule has 0 amide bonds. The van der Waals surface area contributed by atoms with Gasteiger partial charge >= 0.3 is 0 Å². The molecule has 4 heteroatoms. The van der Waals surface area contributed by atoms with Crippen molar-refractivity contribution < 1.29 is 9.13 Å². The maximum absolute atomic E-state index is 13.7. The smallest absolute Gasteiger partial charge is 0.165 e. The minimum absolute atomic E-state index is 0.266. The fourth-order valence-electron chi connectivity index (χ4n) is 2.95. The summed E-state index contributed by atoms with van der Waals surface area (Å²) >= 11 is 0. The maximum atomic E-state index is 13.7. The highest BCUT2D eigenvalue weighted by Gasteiger charge is 2.36. The van der Waals surface area contributed by atoms with Gasteiger partial charge in [-0.05, 0) is 36.5 Å². The second kappa shape index (κ2) is 5.47. The molecule has 1 aromatic carbocycles. The minimum atomic E-state index is -0.266. The first-order valence-electron chi connectivity index (χ1n) is 7.05. The number of hydrogen-bond donors (Lipinski definition) is 1. The molecule has 1 saturated heterocycles. The average Bonchev–Trinajstić information content (AvgIpc) is 3.24. The molecule has 0 radical (unpaired) electrons. The van der Waals surface area contributed by atoms with Gasteiger partial charge in [0.05, 0.1) is 7.11 Å². The first-order valence-corrected chi connectivity index (χ1v) is 7.05. The molecule has 3 rings (SSSR count). The van der Waals surface area contributed by atoms with Crippen LogP contribution in [0.5, 0.6) is 5.75 Å². The summed E-state index contributed by atoms with van der Waals surface area (Å²) in [5.74, 6) is 0.900. The molecule has 104 valence electrons. The molecule has 0 bridgehead atoms. The number of nitrogens with one attached hydrogen (secondary N) is 1. The second-order valence-electron chi connectivity index (χ2n) is 5.55. The Labute approximate surface area is 113 Å². The largest absolute Gasteiger partial charge is 0.494 e. The zero-order chi connectivity index (χ0) is 13.2. The Morgan fingerprint density at radius 2 is 2.26 bits per heavy atom. The van der Waals surface area contributed by atoms with Gasteiger partial charge in [-0.2, -0.15) is 0 Å². The van der Waals surface area contributed by atoms with Crippen molar-refractivity contribution in [2.24, 2.45) is 5.92 Å². The van der Waals surface area contributed by atoms with E-state index >= 15 is 0 Å². The van der Waals surface area contributed by atoms with Crippen molar-refractivity contribution >= 4 is 0 Å². The minimum Gasteiger partial charge on any atom is -0.494 e. The lowest BCUT2D eigenvalue weighted by atomic mass is 10.1. The molecule has 1 heterocycles. The quantitative estimate of drug-likeness (QED) is 0.900. The van der Waals surface area contributed by atoms with Crippen LogP contribution in [0.2, 0.25) is 0 Å². The highest BCUT2D eigenvalue weighted by atomic mass is 19.1. The summed E-state index contributed by atoms with van der Waals surface area (Å²) in [7, 11) is 1.50. The van der Waals surface area contributed by atoms with Crippen LogP contribution in [0.15, 0.2) is 18.2 Å². The normalized spacial score (nSPS) is 24.4. The van der Waals surface area contributed by atoms with Crippen LogP contribution in [-0.4, -0.2) is 37.7 Å². The standard InChI is InChI=1S/C15H21FN2O/c1-19-15-5-2-11(8-13(15)16)10-18-7-6-17-9-14(18)12-3-4-12/h2,5,8,12,14,17H,3-4,6-7,9-10H2,1H3. The van der Waals surface area contributed by atoms with Gasteiger partial charge in [0.25, 0.3) is 0 Å². The van der Waals surface area contributed by atoms with E-state index in [0.717, 1.165) is 37.7 Å². The van der Waals surface area contributed by atoms with E-state index in [-0.39, 0.29) is 5.82 Å². The molecular weight excluding hydrogens is 243 g/mol. The Morgan fingerprint density at radius 3 is 2.95 bits per heavy atom. The van der Waals surface area contributed by atoms with E-state index in [9.17, 15) is 4.39 Å². The second-order valence-corrected chi connectivity index (χ2v) is 5.55. The molecule has 1 unspecified atom stereocenters. The highest BCUT2D eigenvalue weighted by molar-refractivity contribution is 5.29. The van der Waals surface area contributed by atoms with Crippen LogP contribution in [0.4, 0.5) is 4.39 Å². The van der Waals surface area contributed by atoms with Crippen LogP contribution >= 0.6 is 0 Å². The molecule has 0 aromatic heterocycles. The summed E-state index contributed by atoms with van der Waals surface area (Å²) < 4.78 is 18.7. The summed E-state index contributed by atoms with van der Waals surface area (Å²) in [5, 5.41) is 3.47. The number of rotatable bonds is 4. The molecule has 2 aliphatic rings. The van der Waals surface area contributed by atoms with Crippen LogP contribution in [0.3, 0.4) is 0 Å². The Morgan fingerprint density at radius 1 is 1.42 bits per heavy atom. The number of methoxy groups -OCH3 is 1. The Balaban J connectivity index is 1.70. The predicted octanol–water partition coefficient (Wildman–Crippen LogP) is 2.02. The number of benzene rings is 1. The third-order valence-electron chi connectivity index (χ3n) is 4.17. The van der Waals surface area contributed by atoms with Gasteiger partial charge in [0.1, 0.15) is 0 Å². The maximum Gasteiger partial charge on any atom is 0.165 e. The van der Waals surface area contributed by atoms with Crippen LogP contribution in [0.1, 0.15) is 18.4 Å². The fraction of sp³-hybridized carbons (Fsp3) is 0.600. The zero-order valence-corrected chi connectivity index (χ0v) is 11.4. The molecule has 0 spiro atoms. The molecule has 1 aromatic rings. The summed E-state index contributed by atoms with van der Waals surface area (Å²) in [6.07, 6.45) is 2.69. The lowest BCUT2D eigenvalue weighted by Crippen LogP contribution is -2.51. The molecule has 1 aliphatic heterocycles. The first-order chi connectivity index (χ1) is 9.28. The van der Waals surface area contributed by atoms with Crippen molar-refractivity contribution in [2.75, 3.05) is 26.7 Å². The van der Waals surface area contributed by atoms with Gasteiger partial charge in [-0.25, -0.2) is 4.39 Å². The van der Waals surface area contributed by atoms with E-state index in [0.29, 0.717) is 11.8 Å². The Kier molecular flexibility index (Phi) is 3.71. The van der Waals surface area contributed by atoms with E-state index in [4.69, 9.17) is 4.74 Å². The van der Waals surface area contributed by atoms with Gasteiger partial charge in [-0.1, -0.05) is 6.07 Å². The molecule has 1 aliphatic carbocycles. The molecule has 3 nitrogen and oxygen atoms in total. The van der Waals surface area contributed by atoms with E-state index < -0.39 is 0 Å². The summed E-state index contributed by atoms with van der Waals surface area (Å²) in [5.41, 5.74) is 1.03. The number of nitrogens with zero attached hydrogens (tertiary/aromatic N) is 1. The highest BCUT2D eigenvalue weighted by Crippen LogP contribution is 2.36. The van der Waals surface area contributed by atoms with Gasteiger partial charge in [-0.15, -0.1) is 0 Å². The van der Waals surface area contributed by atoms with Crippen molar-refractivity contribution in [1.29, 1.82) is 0 Å². The number of piperazine rings is 1. The van der Waals surface area contributed by atoms with E-state index in [1.807, 2.05) is 6.07 Å². The van der Waals surface area contributed by atoms with E-state index in [1.165, 1.54) is 20.0 Å². The van der Waals surface area contributed by atoms with Crippen LogP contribution in [0, 0.1) is 11.7 Å². The summed E-state index contributed by atoms with van der Waals surface area (Å²) in [4.78, 5) is 2.50. The summed E-state index contributed by atoms with van der Waals surface area (Å²) in [6, 6.07) is 5.91. The van der Waals surface area contributed by atoms with Crippen molar-refractivity contribution in [2.45, 2.75) is 25.4 Å². The Bertz CT molecular complexity index is 448. The predicted molar refractivity (Wildman–Crippen MR) is 72.7 cm³/mol. The van der Waals surface area contributed by atoms with Crippen molar-refractivity contribution in [3.63, 3.8) is 0 Å². The van der Waals surface area contributed by atoms with Crippen molar-refractivity contribution in [3.8, 4) is 5.75 Å². The van der Waals surface area contributed by atoms with E-state index in [2.05, 4.69) is 10.2 Å². The number of hydrogen-bond acceptors (Lipinski definition) is 3. The van der Waals surface area contributed by atoms with Gasteiger partial charge in [0, 0.05) is 32.2 Å². The number of ether oxygens (including phenoxy) is 1. The molecule has 19 heavy (non-hydrogen) atoms. The van der Waals surface area contributed by atoms with Crippen LogP contribution in [-0.2, 0) is 6.54 Å². The first kappa shape index (κ1) is 12.9. The monoisotopic (exact) mass is 264 g/mol. The van der Waals surface area contributed by atoms with Crippen molar-refractivity contribution in [1.82, 2.24) is 10.2 Å². The fourth-order valence-corrected chi connectivity index (χ4v) is 2.95.